The van der Waals surface area contributed by atoms with Crippen molar-refractivity contribution in [3.8, 4) is 0 Å². The molecule has 2 fully saturated rings. The van der Waals surface area contributed by atoms with Gasteiger partial charge in [-0.05, 0) is 32.2 Å². The number of morpholine rings is 1. The molecule has 0 aromatic carbocycles. The third kappa shape index (κ3) is 4.18. The summed E-state index contributed by atoms with van der Waals surface area (Å²) in [7, 11) is 2.04. The van der Waals surface area contributed by atoms with Crippen LogP contribution in [0.2, 0.25) is 0 Å². The summed E-state index contributed by atoms with van der Waals surface area (Å²) in [5, 5.41) is 3.25. The predicted molar refractivity (Wildman–Crippen MR) is 76.0 cm³/mol. The van der Waals surface area contributed by atoms with E-state index >= 15 is 0 Å². The number of hydrogen-bond donors (Lipinski definition) is 1. The van der Waals surface area contributed by atoms with E-state index < -0.39 is 0 Å². The maximum absolute atomic E-state index is 12.3. The SMILES string of the molecule is CCCC[C@H](NC(=O)[C@@H]1CN(C)CCO1)C1CCC1. The van der Waals surface area contributed by atoms with Crippen molar-refractivity contribution >= 4 is 5.91 Å². The Hall–Kier alpha value is -0.610. The summed E-state index contributed by atoms with van der Waals surface area (Å²) in [6, 6.07) is 0.372. The number of likely N-dealkylation sites (N-methyl/N-ethyl adjacent to an activating group) is 1. The first-order valence-corrected chi connectivity index (χ1v) is 7.81. The molecule has 1 N–H and O–H groups in total. The monoisotopic (exact) mass is 268 g/mol. The molecule has 2 atom stereocenters. The van der Waals surface area contributed by atoms with Crippen molar-refractivity contribution in [2.45, 2.75) is 57.6 Å². The third-order valence-electron chi connectivity index (χ3n) is 4.48. The lowest BCUT2D eigenvalue weighted by Crippen LogP contribution is -2.52. The fourth-order valence-electron chi connectivity index (χ4n) is 2.90. The molecule has 2 aliphatic rings. The van der Waals surface area contributed by atoms with E-state index in [0.29, 0.717) is 18.6 Å². The molecule has 4 heteroatoms. The van der Waals surface area contributed by atoms with Crippen molar-refractivity contribution < 1.29 is 9.53 Å². The van der Waals surface area contributed by atoms with Crippen molar-refractivity contribution in [1.29, 1.82) is 0 Å². The lowest BCUT2D eigenvalue weighted by molar-refractivity contribution is -0.139. The van der Waals surface area contributed by atoms with Gasteiger partial charge >= 0.3 is 0 Å². The van der Waals surface area contributed by atoms with E-state index in [-0.39, 0.29) is 12.0 Å². The van der Waals surface area contributed by atoms with Gasteiger partial charge in [-0.15, -0.1) is 0 Å². The number of amides is 1. The van der Waals surface area contributed by atoms with Crippen molar-refractivity contribution in [2.24, 2.45) is 5.92 Å². The van der Waals surface area contributed by atoms with Gasteiger partial charge in [0.2, 0.25) is 0 Å². The average molecular weight is 268 g/mol. The maximum Gasteiger partial charge on any atom is 0.250 e. The molecule has 0 radical (unpaired) electrons. The van der Waals surface area contributed by atoms with Crippen LogP contribution in [-0.4, -0.2) is 49.7 Å². The molecule has 0 bridgehead atoms. The Morgan fingerprint density at radius 2 is 2.26 bits per heavy atom. The van der Waals surface area contributed by atoms with Crippen LogP contribution in [0.4, 0.5) is 0 Å². The van der Waals surface area contributed by atoms with Gasteiger partial charge in [-0.25, -0.2) is 0 Å². The molecule has 1 saturated carbocycles. The summed E-state index contributed by atoms with van der Waals surface area (Å²) in [4.78, 5) is 14.5. The first-order valence-electron chi connectivity index (χ1n) is 7.81. The van der Waals surface area contributed by atoms with Crippen LogP contribution < -0.4 is 5.32 Å². The van der Waals surface area contributed by atoms with Crippen molar-refractivity contribution in [3.63, 3.8) is 0 Å². The first-order chi connectivity index (χ1) is 9.20. The van der Waals surface area contributed by atoms with E-state index in [1.54, 1.807) is 0 Å². The fourth-order valence-corrected chi connectivity index (χ4v) is 2.90. The van der Waals surface area contributed by atoms with Gasteiger partial charge in [0.25, 0.3) is 5.91 Å². The van der Waals surface area contributed by atoms with Crippen LogP contribution in [0.25, 0.3) is 0 Å². The Labute approximate surface area is 116 Å². The summed E-state index contributed by atoms with van der Waals surface area (Å²) >= 11 is 0. The lowest BCUT2D eigenvalue weighted by Gasteiger charge is -2.36. The molecule has 1 heterocycles. The zero-order valence-electron chi connectivity index (χ0n) is 12.4. The van der Waals surface area contributed by atoms with Crippen LogP contribution in [0, 0.1) is 5.92 Å². The predicted octanol–water partition coefficient (Wildman–Crippen LogP) is 1.79. The molecule has 1 aliphatic heterocycles. The second-order valence-corrected chi connectivity index (χ2v) is 6.07. The Bertz CT molecular complexity index is 292. The van der Waals surface area contributed by atoms with Gasteiger partial charge < -0.3 is 15.0 Å². The highest BCUT2D eigenvalue weighted by Gasteiger charge is 2.31. The number of hydrogen-bond acceptors (Lipinski definition) is 3. The highest BCUT2D eigenvalue weighted by atomic mass is 16.5. The quantitative estimate of drug-likeness (QED) is 0.798. The van der Waals surface area contributed by atoms with Gasteiger partial charge in [0.1, 0.15) is 6.10 Å². The van der Waals surface area contributed by atoms with Crippen LogP contribution in [0.15, 0.2) is 0 Å². The third-order valence-corrected chi connectivity index (χ3v) is 4.48. The molecule has 110 valence electrons. The highest BCUT2D eigenvalue weighted by Crippen LogP contribution is 2.31. The number of carbonyl (C=O) groups is 1. The Morgan fingerprint density at radius 3 is 2.84 bits per heavy atom. The molecule has 2 rings (SSSR count). The Kier molecular flexibility index (Phi) is 5.64. The summed E-state index contributed by atoms with van der Waals surface area (Å²) in [5.41, 5.74) is 0. The summed E-state index contributed by atoms with van der Waals surface area (Å²) < 4.78 is 5.59. The number of ether oxygens (including phenoxy) is 1. The molecular weight excluding hydrogens is 240 g/mol. The fraction of sp³-hybridized carbons (Fsp3) is 0.933. The molecule has 1 amide bonds. The summed E-state index contributed by atoms with van der Waals surface area (Å²) in [6.45, 7) is 4.51. The smallest absolute Gasteiger partial charge is 0.250 e. The zero-order chi connectivity index (χ0) is 13.7. The Balaban J connectivity index is 1.82. The number of nitrogens with one attached hydrogen (secondary N) is 1. The van der Waals surface area contributed by atoms with Gasteiger partial charge in [-0.3, -0.25) is 4.79 Å². The van der Waals surface area contributed by atoms with E-state index in [2.05, 4.69) is 17.1 Å². The van der Waals surface area contributed by atoms with E-state index in [1.807, 2.05) is 7.05 Å². The second kappa shape index (κ2) is 7.25. The number of unbranched alkanes of at least 4 members (excludes halogenated alkanes) is 1. The van der Waals surface area contributed by atoms with Crippen LogP contribution >= 0.6 is 0 Å². The van der Waals surface area contributed by atoms with Gasteiger partial charge in [0.15, 0.2) is 0 Å². The minimum Gasteiger partial charge on any atom is -0.366 e. The zero-order valence-corrected chi connectivity index (χ0v) is 12.4. The first kappa shape index (κ1) is 14.8. The molecule has 19 heavy (non-hydrogen) atoms. The number of carbonyl (C=O) groups excluding carboxylic acids is 1. The molecule has 1 aliphatic carbocycles. The van der Waals surface area contributed by atoms with Crippen LogP contribution in [0.1, 0.15) is 45.4 Å². The van der Waals surface area contributed by atoms with Gasteiger partial charge in [0.05, 0.1) is 6.61 Å². The minimum atomic E-state index is -0.275. The Morgan fingerprint density at radius 1 is 1.47 bits per heavy atom. The van der Waals surface area contributed by atoms with Crippen molar-refractivity contribution in [1.82, 2.24) is 10.2 Å². The van der Waals surface area contributed by atoms with E-state index in [0.717, 1.165) is 19.5 Å². The normalized spacial score (nSPS) is 26.7. The molecule has 0 aromatic heterocycles. The van der Waals surface area contributed by atoms with E-state index in [4.69, 9.17) is 4.74 Å². The molecular formula is C15H28N2O2. The number of rotatable bonds is 6. The van der Waals surface area contributed by atoms with Gasteiger partial charge in [-0.2, -0.15) is 0 Å². The maximum atomic E-state index is 12.3. The summed E-state index contributed by atoms with van der Waals surface area (Å²) in [6.07, 6.45) is 7.12. The van der Waals surface area contributed by atoms with Gasteiger partial charge in [-0.1, -0.05) is 26.2 Å². The van der Waals surface area contributed by atoms with E-state index in [9.17, 15) is 4.79 Å². The summed E-state index contributed by atoms with van der Waals surface area (Å²) in [5.74, 6) is 0.802. The standard InChI is InChI=1S/C15H28N2O2/c1-3-4-8-13(12-6-5-7-12)16-15(18)14-11-17(2)9-10-19-14/h12-14H,3-11H2,1-2H3,(H,16,18)/t13-,14-/m0/s1. The molecule has 0 aromatic rings. The molecule has 1 saturated heterocycles. The average Bonchev–Trinajstić information content (AvgIpc) is 2.33. The van der Waals surface area contributed by atoms with Crippen LogP contribution in [0.5, 0.6) is 0 Å². The topological polar surface area (TPSA) is 41.6 Å². The minimum absolute atomic E-state index is 0.0968. The van der Waals surface area contributed by atoms with Crippen molar-refractivity contribution in [2.75, 3.05) is 26.7 Å². The van der Waals surface area contributed by atoms with Gasteiger partial charge in [0, 0.05) is 19.1 Å². The molecule has 0 spiro atoms. The second-order valence-electron chi connectivity index (χ2n) is 6.07. The largest absolute Gasteiger partial charge is 0.366 e. The van der Waals surface area contributed by atoms with E-state index in [1.165, 1.54) is 32.1 Å². The molecule has 0 unspecified atom stereocenters. The van der Waals surface area contributed by atoms with Crippen LogP contribution in [0.3, 0.4) is 0 Å². The van der Waals surface area contributed by atoms with Crippen molar-refractivity contribution in [3.05, 3.63) is 0 Å². The molecule has 4 nitrogen and oxygen atoms in total. The van der Waals surface area contributed by atoms with Crippen LogP contribution in [-0.2, 0) is 9.53 Å². The lowest BCUT2D eigenvalue weighted by atomic mass is 9.78. The number of nitrogens with zero attached hydrogens (tertiary/aromatic N) is 1. The highest BCUT2D eigenvalue weighted by molar-refractivity contribution is 5.81.